The first kappa shape index (κ1) is 49.7. The summed E-state index contributed by atoms with van der Waals surface area (Å²) in [5, 5.41) is 113. The number of aliphatic hydroxyl groups is 10. The lowest BCUT2D eigenvalue weighted by atomic mass is 9.93. The number of unbranched alkanes of at least 4 members (excludes halogenated alkanes) is 10. The minimum atomic E-state index is -1.89. The molecule has 4 aliphatic heterocycles. The Morgan fingerprint density at radius 2 is 1.02 bits per heavy atom. The van der Waals surface area contributed by atoms with Crippen LogP contribution in [0.4, 0.5) is 0 Å². The number of aliphatic carboxylic acids is 1. The van der Waals surface area contributed by atoms with Crippen molar-refractivity contribution in [2.45, 2.75) is 195 Å². The standard InChI is InChI=1S/C39H66O20/c1-19(14-12-10-8-6-4-3-5-7-9-11-13-15-21-25(35(50)51)20(2)36(52)54-21)53-39-34(59-38-32(49)30(47)27(44)23(17-41)56-38)33(28(45)24(18-42)57-39)58-37-31(48)29(46)26(43)22(16-40)55-37/h19,21-34,37-49H,2-18H2,1H3,(H,50,51)/t19-,21+,22-,23-,24-,25+,26-,27-,28-,29+,30+,31-,32-,33+,34-,37+,38+,39-/m1/s1. The highest BCUT2D eigenvalue weighted by Gasteiger charge is 2.55. The van der Waals surface area contributed by atoms with Gasteiger partial charge in [-0.25, -0.2) is 4.79 Å². The van der Waals surface area contributed by atoms with Crippen molar-refractivity contribution in [3.8, 4) is 0 Å². The zero-order valence-corrected chi connectivity index (χ0v) is 33.5. The number of carbonyl (C=O) groups excluding carboxylic acids is 1. The Hall–Kier alpha value is -1.96. The average molecular weight is 855 g/mol. The summed E-state index contributed by atoms with van der Waals surface area (Å²) in [6.07, 6.45) is -14.2. The van der Waals surface area contributed by atoms with Gasteiger partial charge in [0.15, 0.2) is 18.9 Å². The van der Waals surface area contributed by atoms with E-state index in [9.17, 15) is 65.8 Å². The fourth-order valence-electron chi connectivity index (χ4n) is 7.95. The Labute approximate surface area is 343 Å². The lowest BCUT2D eigenvalue weighted by molar-refractivity contribution is -0.394. The van der Waals surface area contributed by atoms with E-state index in [2.05, 4.69) is 6.58 Å². The summed E-state index contributed by atoms with van der Waals surface area (Å²) in [6.45, 7) is 3.05. The van der Waals surface area contributed by atoms with Crippen LogP contribution >= 0.6 is 0 Å². The van der Waals surface area contributed by atoms with Gasteiger partial charge in [-0.05, 0) is 26.2 Å². The molecule has 18 atom stereocenters. The number of hydrogen-bond acceptors (Lipinski definition) is 19. The largest absolute Gasteiger partial charge is 0.481 e. The predicted molar refractivity (Wildman–Crippen MR) is 200 cm³/mol. The van der Waals surface area contributed by atoms with Gasteiger partial charge in [0.2, 0.25) is 0 Å². The molecule has 0 aromatic carbocycles. The van der Waals surface area contributed by atoms with Gasteiger partial charge in [-0.1, -0.05) is 70.8 Å². The first-order valence-electron chi connectivity index (χ1n) is 20.8. The Morgan fingerprint density at radius 3 is 1.49 bits per heavy atom. The van der Waals surface area contributed by atoms with Crippen LogP contribution in [0.1, 0.15) is 90.4 Å². The molecule has 0 radical (unpaired) electrons. The summed E-state index contributed by atoms with van der Waals surface area (Å²) in [6, 6.07) is 0. The Morgan fingerprint density at radius 1 is 0.593 bits per heavy atom. The third kappa shape index (κ3) is 13.0. The highest BCUT2D eigenvalue weighted by atomic mass is 16.8. The second kappa shape index (κ2) is 24.0. The van der Waals surface area contributed by atoms with Crippen molar-refractivity contribution in [1.82, 2.24) is 0 Å². The van der Waals surface area contributed by atoms with Gasteiger partial charge in [-0.3, -0.25) is 4.79 Å². The van der Waals surface area contributed by atoms with E-state index < -0.39 is 142 Å². The van der Waals surface area contributed by atoms with Crippen LogP contribution in [0, 0.1) is 5.92 Å². The first-order valence-corrected chi connectivity index (χ1v) is 20.8. The van der Waals surface area contributed by atoms with E-state index in [0.29, 0.717) is 12.8 Å². The topological polar surface area (TPSA) is 321 Å². The SMILES string of the molecule is C=C1C(=O)O[C@@H](CCCCCCCCCCCCC[C@@H](C)O[C@@H]2O[C@H](CO)[C@@H](O)[C@H](O[C@@H]3O[C@H](CO)[C@@H](O)[C@H](O)[C@H]3O)[C@H]2O[C@@H]2O[C@H](CO)[C@@H](O)[C@H](O)[C@H]2O)[C@H]1C(=O)O. The average Bonchev–Trinajstić information content (AvgIpc) is 3.50. The third-order valence-electron chi connectivity index (χ3n) is 11.6. The van der Waals surface area contributed by atoms with Crippen LogP contribution in [-0.2, 0) is 42.7 Å². The summed E-state index contributed by atoms with van der Waals surface area (Å²) in [5.74, 6) is -2.69. The van der Waals surface area contributed by atoms with E-state index in [1.807, 2.05) is 0 Å². The molecule has 4 rings (SSSR count). The van der Waals surface area contributed by atoms with E-state index in [1.54, 1.807) is 6.92 Å². The Balaban J connectivity index is 1.25. The van der Waals surface area contributed by atoms with Crippen LogP contribution in [-0.4, -0.2) is 192 Å². The second-order valence-electron chi connectivity index (χ2n) is 16.0. The molecular weight excluding hydrogens is 788 g/mol. The minimum Gasteiger partial charge on any atom is -0.481 e. The van der Waals surface area contributed by atoms with E-state index in [-0.39, 0.29) is 5.57 Å². The van der Waals surface area contributed by atoms with Crippen LogP contribution in [0.15, 0.2) is 12.2 Å². The number of cyclic esters (lactones) is 1. The molecule has 4 heterocycles. The minimum absolute atomic E-state index is 0.00744. The van der Waals surface area contributed by atoms with Gasteiger partial charge in [-0.2, -0.15) is 0 Å². The molecule has 0 saturated carbocycles. The van der Waals surface area contributed by atoms with Crippen molar-refractivity contribution in [2.75, 3.05) is 19.8 Å². The molecule has 0 spiro atoms. The van der Waals surface area contributed by atoms with Crippen molar-refractivity contribution in [3.05, 3.63) is 12.2 Å². The molecule has 0 bridgehead atoms. The number of aliphatic hydroxyl groups excluding tert-OH is 10. The van der Waals surface area contributed by atoms with E-state index in [1.165, 1.54) is 0 Å². The number of hydrogen-bond donors (Lipinski definition) is 11. The van der Waals surface area contributed by atoms with Crippen molar-refractivity contribution in [3.63, 3.8) is 0 Å². The highest BCUT2D eigenvalue weighted by molar-refractivity contribution is 5.97. The summed E-state index contributed by atoms with van der Waals surface area (Å²) < 4.78 is 40.2. The molecule has 0 aromatic heterocycles. The van der Waals surface area contributed by atoms with Crippen LogP contribution in [0.3, 0.4) is 0 Å². The lowest BCUT2D eigenvalue weighted by Crippen LogP contribution is -2.67. The van der Waals surface area contributed by atoms with Gasteiger partial charge in [0.05, 0.1) is 25.9 Å². The van der Waals surface area contributed by atoms with E-state index >= 15 is 0 Å². The molecule has 59 heavy (non-hydrogen) atoms. The summed E-state index contributed by atoms with van der Waals surface area (Å²) in [4.78, 5) is 23.1. The molecule has 4 aliphatic rings. The second-order valence-corrected chi connectivity index (χ2v) is 16.0. The zero-order chi connectivity index (χ0) is 43.4. The van der Waals surface area contributed by atoms with E-state index in [0.717, 1.165) is 70.6 Å². The fraction of sp³-hybridized carbons (Fsp3) is 0.897. The third-order valence-corrected chi connectivity index (χ3v) is 11.6. The first-order chi connectivity index (χ1) is 28.1. The van der Waals surface area contributed by atoms with Crippen molar-refractivity contribution < 1.29 is 98.9 Å². The molecule has 342 valence electrons. The number of ether oxygens (including phenoxy) is 7. The van der Waals surface area contributed by atoms with Gasteiger partial charge >= 0.3 is 11.9 Å². The molecule has 11 N–H and O–H groups in total. The van der Waals surface area contributed by atoms with Crippen molar-refractivity contribution in [2.24, 2.45) is 5.92 Å². The zero-order valence-electron chi connectivity index (χ0n) is 33.5. The van der Waals surface area contributed by atoms with Crippen molar-refractivity contribution >= 4 is 11.9 Å². The molecule has 0 aliphatic carbocycles. The van der Waals surface area contributed by atoms with Gasteiger partial charge in [0, 0.05) is 5.57 Å². The lowest BCUT2D eigenvalue weighted by Gasteiger charge is -2.49. The molecule has 20 nitrogen and oxygen atoms in total. The van der Waals surface area contributed by atoms with Crippen LogP contribution < -0.4 is 0 Å². The number of carboxylic acid groups (broad SMARTS) is 1. The normalized spacial score (nSPS) is 39.6. The predicted octanol–water partition coefficient (Wildman–Crippen LogP) is -1.91. The molecule has 0 unspecified atom stereocenters. The monoisotopic (exact) mass is 854 g/mol. The Kier molecular flexibility index (Phi) is 20.2. The smallest absolute Gasteiger partial charge is 0.334 e. The van der Waals surface area contributed by atoms with Gasteiger partial charge in [-0.15, -0.1) is 0 Å². The summed E-state index contributed by atoms with van der Waals surface area (Å²) >= 11 is 0. The molecule has 0 amide bonds. The summed E-state index contributed by atoms with van der Waals surface area (Å²) in [7, 11) is 0. The Bertz CT molecular complexity index is 1290. The number of carboxylic acids is 1. The maximum atomic E-state index is 11.7. The van der Waals surface area contributed by atoms with Gasteiger partial charge in [0.25, 0.3) is 0 Å². The summed E-state index contributed by atoms with van der Waals surface area (Å²) in [5.41, 5.74) is 0.00744. The van der Waals surface area contributed by atoms with Crippen LogP contribution in [0.5, 0.6) is 0 Å². The fourth-order valence-corrected chi connectivity index (χ4v) is 7.95. The molecule has 4 fully saturated rings. The van der Waals surface area contributed by atoms with Crippen molar-refractivity contribution in [1.29, 1.82) is 0 Å². The van der Waals surface area contributed by atoms with Gasteiger partial charge in [0.1, 0.15) is 85.3 Å². The highest BCUT2D eigenvalue weighted by Crippen LogP contribution is 2.35. The molecular formula is C39H66O20. The number of carbonyl (C=O) groups is 2. The molecule has 20 heteroatoms. The number of esters is 1. The van der Waals surface area contributed by atoms with E-state index in [4.69, 9.17) is 33.2 Å². The molecule has 0 aromatic rings. The molecule has 4 saturated heterocycles. The number of rotatable bonds is 24. The van der Waals surface area contributed by atoms with Gasteiger partial charge < -0.3 is 89.3 Å². The van der Waals surface area contributed by atoms with Crippen LogP contribution in [0.25, 0.3) is 0 Å². The quantitative estimate of drug-likeness (QED) is 0.0287. The van der Waals surface area contributed by atoms with Crippen LogP contribution in [0.2, 0.25) is 0 Å². The maximum absolute atomic E-state index is 11.7. The maximum Gasteiger partial charge on any atom is 0.334 e.